The fourth-order valence-corrected chi connectivity index (χ4v) is 2.68. The quantitative estimate of drug-likeness (QED) is 0.925. The highest BCUT2D eigenvalue weighted by molar-refractivity contribution is 6.42. The number of amides is 1. The van der Waals surface area contributed by atoms with Crippen molar-refractivity contribution in [3.8, 4) is 0 Å². The highest BCUT2D eigenvalue weighted by Gasteiger charge is 2.34. The summed E-state index contributed by atoms with van der Waals surface area (Å²) >= 11 is 11.9. The molecule has 1 N–H and O–H groups in total. The Hall–Kier alpha value is -0.810. The second kappa shape index (κ2) is 6.76. The van der Waals surface area contributed by atoms with E-state index in [0.717, 1.165) is 5.56 Å². The average molecular weight is 317 g/mol. The topological polar surface area (TPSA) is 41.6 Å². The first-order chi connectivity index (χ1) is 9.52. The van der Waals surface area contributed by atoms with Crippen LogP contribution >= 0.6 is 23.2 Å². The molecule has 6 heteroatoms. The van der Waals surface area contributed by atoms with Crippen molar-refractivity contribution < 1.29 is 9.53 Å². The first-order valence-corrected chi connectivity index (χ1v) is 7.22. The van der Waals surface area contributed by atoms with Crippen LogP contribution in [0.5, 0.6) is 0 Å². The molecule has 2 rings (SSSR count). The van der Waals surface area contributed by atoms with Gasteiger partial charge < -0.3 is 15.0 Å². The third-order valence-electron chi connectivity index (χ3n) is 3.55. The van der Waals surface area contributed by atoms with Crippen molar-refractivity contribution in [3.63, 3.8) is 0 Å². The number of hydrogen-bond donors (Lipinski definition) is 1. The summed E-state index contributed by atoms with van der Waals surface area (Å²) < 4.78 is 5.37. The van der Waals surface area contributed by atoms with Gasteiger partial charge in [0, 0.05) is 19.6 Å². The Morgan fingerprint density at radius 1 is 1.40 bits per heavy atom. The van der Waals surface area contributed by atoms with Gasteiger partial charge in [0.25, 0.3) is 0 Å². The molecule has 0 aromatic heterocycles. The van der Waals surface area contributed by atoms with Crippen LogP contribution in [0.3, 0.4) is 0 Å². The van der Waals surface area contributed by atoms with Gasteiger partial charge in [0.1, 0.15) is 0 Å². The molecule has 0 bridgehead atoms. The number of nitrogens with one attached hydrogen (secondary N) is 1. The standard InChI is InChI=1S/C14H18Cl2N2O2/c1-17-13-8-20-7-10(13)14(19)18(2)6-9-3-4-11(15)12(16)5-9/h3-5,10,13,17H,6-8H2,1-2H3. The van der Waals surface area contributed by atoms with Crippen LogP contribution in [0.15, 0.2) is 18.2 Å². The van der Waals surface area contributed by atoms with Gasteiger partial charge in [0.2, 0.25) is 5.91 Å². The Labute approximate surface area is 129 Å². The van der Waals surface area contributed by atoms with E-state index in [0.29, 0.717) is 29.8 Å². The van der Waals surface area contributed by atoms with E-state index in [1.54, 1.807) is 24.1 Å². The molecule has 1 amide bonds. The summed E-state index contributed by atoms with van der Waals surface area (Å²) in [4.78, 5) is 14.1. The van der Waals surface area contributed by atoms with Gasteiger partial charge in [0.15, 0.2) is 0 Å². The van der Waals surface area contributed by atoms with Crippen LogP contribution in [-0.2, 0) is 16.1 Å². The first-order valence-electron chi connectivity index (χ1n) is 6.47. The minimum atomic E-state index is -0.132. The number of carbonyl (C=O) groups is 1. The zero-order valence-electron chi connectivity index (χ0n) is 11.5. The molecule has 1 aliphatic heterocycles. The van der Waals surface area contributed by atoms with Gasteiger partial charge in [-0.2, -0.15) is 0 Å². The second-order valence-corrected chi connectivity index (χ2v) is 5.80. The summed E-state index contributed by atoms with van der Waals surface area (Å²) in [5, 5.41) is 4.14. The second-order valence-electron chi connectivity index (χ2n) is 4.98. The smallest absolute Gasteiger partial charge is 0.229 e. The van der Waals surface area contributed by atoms with Crippen LogP contribution in [0.4, 0.5) is 0 Å². The van der Waals surface area contributed by atoms with Gasteiger partial charge in [-0.3, -0.25) is 4.79 Å². The molecule has 110 valence electrons. The van der Waals surface area contributed by atoms with Crippen LogP contribution in [0.25, 0.3) is 0 Å². The summed E-state index contributed by atoms with van der Waals surface area (Å²) in [7, 11) is 3.63. The van der Waals surface area contributed by atoms with Crippen molar-refractivity contribution in [1.29, 1.82) is 0 Å². The minimum absolute atomic E-state index is 0.0768. The maximum atomic E-state index is 12.4. The summed E-state index contributed by atoms with van der Waals surface area (Å²) in [6.07, 6.45) is 0. The normalized spacial score (nSPS) is 22.0. The molecule has 0 spiro atoms. The molecule has 20 heavy (non-hydrogen) atoms. The predicted octanol–water partition coefficient (Wildman–Crippen LogP) is 2.19. The number of carbonyl (C=O) groups excluding carboxylic acids is 1. The number of halogens is 2. The third-order valence-corrected chi connectivity index (χ3v) is 4.29. The largest absolute Gasteiger partial charge is 0.379 e. The Kier molecular flexibility index (Phi) is 5.27. The van der Waals surface area contributed by atoms with E-state index in [4.69, 9.17) is 27.9 Å². The van der Waals surface area contributed by atoms with Crippen LogP contribution in [0, 0.1) is 5.92 Å². The minimum Gasteiger partial charge on any atom is -0.379 e. The van der Waals surface area contributed by atoms with Gasteiger partial charge in [-0.15, -0.1) is 0 Å². The number of benzene rings is 1. The maximum absolute atomic E-state index is 12.4. The van der Waals surface area contributed by atoms with E-state index in [-0.39, 0.29) is 17.9 Å². The highest BCUT2D eigenvalue weighted by atomic mass is 35.5. The maximum Gasteiger partial charge on any atom is 0.229 e. The third kappa shape index (κ3) is 3.44. The molecule has 1 aromatic carbocycles. The van der Waals surface area contributed by atoms with Crippen LogP contribution in [0.2, 0.25) is 10.0 Å². The predicted molar refractivity (Wildman–Crippen MR) is 80.1 cm³/mol. The van der Waals surface area contributed by atoms with E-state index in [2.05, 4.69) is 5.32 Å². The SMILES string of the molecule is CNC1COCC1C(=O)N(C)Cc1ccc(Cl)c(Cl)c1. The highest BCUT2D eigenvalue weighted by Crippen LogP contribution is 2.24. The van der Waals surface area contributed by atoms with Crippen LogP contribution in [0.1, 0.15) is 5.56 Å². The van der Waals surface area contributed by atoms with Crippen LogP contribution in [-0.4, -0.2) is 44.2 Å². The molecule has 0 radical (unpaired) electrons. The monoisotopic (exact) mass is 316 g/mol. The number of ether oxygens (including phenoxy) is 1. The molecule has 1 aliphatic rings. The van der Waals surface area contributed by atoms with E-state index < -0.39 is 0 Å². The van der Waals surface area contributed by atoms with Crippen LogP contribution < -0.4 is 5.32 Å². The number of nitrogens with zero attached hydrogens (tertiary/aromatic N) is 1. The fraction of sp³-hybridized carbons (Fsp3) is 0.500. The van der Waals surface area contributed by atoms with Crippen molar-refractivity contribution >= 4 is 29.1 Å². The summed E-state index contributed by atoms with van der Waals surface area (Å²) in [5.74, 6) is -0.0549. The van der Waals surface area contributed by atoms with E-state index in [1.807, 2.05) is 13.1 Å². The number of rotatable bonds is 4. The number of hydrogen-bond acceptors (Lipinski definition) is 3. The number of likely N-dealkylation sites (N-methyl/N-ethyl adjacent to an activating group) is 1. The summed E-state index contributed by atoms with van der Waals surface area (Å²) in [5.41, 5.74) is 0.954. The Morgan fingerprint density at radius 3 is 2.80 bits per heavy atom. The Bertz CT molecular complexity index is 496. The van der Waals surface area contributed by atoms with Gasteiger partial charge in [-0.25, -0.2) is 0 Å². The zero-order chi connectivity index (χ0) is 14.7. The van der Waals surface area contributed by atoms with Crippen molar-refractivity contribution in [1.82, 2.24) is 10.2 Å². The van der Waals surface area contributed by atoms with E-state index >= 15 is 0 Å². The Morgan fingerprint density at radius 2 is 2.15 bits per heavy atom. The molecule has 1 heterocycles. The molecule has 2 unspecified atom stereocenters. The molecule has 1 aromatic rings. The van der Waals surface area contributed by atoms with Gasteiger partial charge in [0.05, 0.1) is 29.2 Å². The van der Waals surface area contributed by atoms with Crippen molar-refractivity contribution in [2.45, 2.75) is 12.6 Å². The molecule has 0 aliphatic carbocycles. The molecule has 2 atom stereocenters. The Balaban J connectivity index is 2.02. The molecule has 4 nitrogen and oxygen atoms in total. The van der Waals surface area contributed by atoms with Gasteiger partial charge in [-0.1, -0.05) is 29.3 Å². The lowest BCUT2D eigenvalue weighted by Crippen LogP contribution is -2.43. The van der Waals surface area contributed by atoms with E-state index in [1.165, 1.54) is 0 Å². The molecule has 1 fully saturated rings. The fourth-order valence-electron chi connectivity index (χ4n) is 2.36. The van der Waals surface area contributed by atoms with Crippen molar-refractivity contribution in [3.05, 3.63) is 33.8 Å². The lowest BCUT2D eigenvalue weighted by molar-refractivity contribution is -0.135. The lowest BCUT2D eigenvalue weighted by Gasteiger charge is -2.24. The summed E-state index contributed by atoms with van der Waals surface area (Å²) in [6, 6.07) is 5.48. The summed E-state index contributed by atoms with van der Waals surface area (Å²) in [6.45, 7) is 1.55. The molecule has 0 saturated carbocycles. The van der Waals surface area contributed by atoms with Crippen molar-refractivity contribution in [2.24, 2.45) is 5.92 Å². The molecular weight excluding hydrogens is 299 g/mol. The zero-order valence-corrected chi connectivity index (χ0v) is 13.0. The lowest BCUT2D eigenvalue weighted by atomic mass is 10.0. The van der Waals surface area contributed by atoms with Gasteiger partial charge >= 0.3 is 0 Å². The molecule has 1 saturated heterocycles. The molecular formula is C14H18Cl2N2O2. The van der Waals surface area contributed by atoms with Crippen molar-refractivity contribution in [2.75, 3.05) is 27.3 Å². The van der Waals surface area contributed by atoms with E-state index in [9.17, 15) is 4.79 Å². The first kappa shape index (κ1) is 15.6. The van der Waals surface area contributed by atoms with Gasteiger partial charge in [-0.05, 0) is 24.7 Å². The average Bonchev–Trinajstić information content (AvgIpc) is 2.90.